The Kier molecular flexibility index (Phi) is 23.0. The molecule has 0 aliphatic carbocycles. The van der Waals surface area contributed by atoms with Crippen LogP contribution < -0.4 is 21.3 Å². The van der Waals surface area contributed by atoms with Gasteiger partial charge in [0, 0.05) is 31.7 Å². The Morgan fingerprint density at radius 3 is 1.94 bits per heavy atom. The zero-order chi connectivity index (χ0) is 38.2. The smallest absolute Gasteiger partial charge is 0.257 e. The summed E-state index contributed by atoms with van der Waals surface area (Å²) < 4.78 is 21.6. The zero-order valence-corrected chi connectivity index (χ0v) is 30.3. The second-order valence-electron chi connectivity index (χ2n) is 12.1. The number of ether oxygens (including phenoxy) is 4. The molecule has 0 spiro atoms. The number of hydroxylamine groups is 2. The Labute approximate surface area is 298 Å². The van der Waals surface area contributed by atoms with Crippen molar-refractivity contribution in [2.24, 2.45) is 11.8 Å². The number of ketones is 1. The Balaban J connectivity index is 2.12. The van der Waals surface area contributed by atoms with Crippen molar-refractivity contribution in [3.8, 4) is 0 Å². The molecule has 1 rings (SSSR count). The summed E-state index contributed by atoms with van der Waals surface area (Å²) in [6, 6.07) is -2.71. The van der Waals surface area contributed by atoms with Gasteiger partial charge in [-0.15, -0.1) is 0 Å². The number of carbonyl (C=O) groups is 8. The lowest BCUT2D eigenvalue weighted by Gasteiger charge is -2.26. The van der Waals surface area contributed by atoms with Crippen LogP contribution >= 0.6 is 0 Å². The lowest BCUT2D eigenvalue weighted by atomic mass is 10.0. The quantitative estimate of drug-likeness (QED) is 0.0410. The van der Waals surface area contributed by atoms with E-state index in [-0.39, 0.29) is 70.4 Å². The predicted octanol–water partition coefficient (Wildman–Crippen LogP) is -1.03. The minimum atomic E-state index is -1.04. The van der Waals surface area contributed by atoms with Crippen LogP contribution in [-0.2, 0) is 62.1 Å². The first-order valence-electron chi connectivity index (χ1n) is 17.2. The van der Waals surface area contributed by atoms with Crippen molar-refractivity contribution in [2.45, 2.75) is 84.8 Å². The van der Waals surface area contributed by atoms with Gasteiger partial charge in [-0.25, -0.2) is 0 Å². The van der Waals surface area contributed by atoms with Gasteiger partial charge in [0.05, 0.1) is 58.9 Å². The number of Topliss-reactive ketones (excluding diaryl/α,β-unsaturated/α-hetero) is 1. The average molecular weight is 730 g/mol. The second kappa shape index (κ2) is 26.0. The molecule has 1 heterocycles. The van der Waals surface area contributed by atoms with Crippen LogP contribution in [0.2, 0.25) is 0 Å². The summed E-state index contributed by atoms with van der Waals surface area (Å²) in [6.07, 6.45) is 1.27. The molecule has 4 N–H and O–H groups in total. The normalized spacial score (nSPS) is 16.0. The number of imide groups is 1. The molecule has 2 unspecified atom stereocenters. The number of hydrogen-bond donors (Lipinski definition) is 4. The van der Waals surface area contributed by atoms with E-state index in [1.807, 2.05) is 0 Å². The van der Waals surface area contributed by atoms with E-state index in [4.69, 9.17) is 23.8 Å². The standard InChI is InChI=1S/C33H55N5O13/c1-6-25-20-29(43)38(33(25)46)51-21-28(42)34-10-13-48-15-17-50-19-18-49-16-14-47-12-9-27(41)36-26(8-7-11-39)31(44)37-30(22(2)3)32(45)35-23(4)24(5)40/h11,22-23,25-26,30H,6-10,12-21H2,1-5H3,(H,34,42)(H,35,45)(H,36,41)(H,37,44)/t23-,25?,26+,30?/m0/s1. The maximum Gasteiger partial charge on any atom is 0.257 e. The number of aldehydes is 1. The largest absolute Gasteiger partial charge is 0.379 e. The van der Waals surface area contributed by atoms with E-state index in [9.17, 15) is 38.4 Å². The van der Waals surface area contributed by atoms with Gasteiger partial charge in [0.2, 0.25) is 23.6 Å². The Morgan fingerprint density at radius 2 is 1.41 bits per heavy atom. The molecular formula is C33H55N5O13. The van der Waals surface area contributed by atoms with Crippen molar-refractivity contribution in [1.29, 1.82) is 0 Å². The SMILES string of the molecule is CCC1CC(=O)N(OCC(=O)NCCOCCOCCOCCOCCC(=O)N[C@H](CCC=O)C(=O)NC(C(=O)N[C@@H](C)C(C)=O)C(C)C)C1=O. The highest BCUT2D eigenvalue weighted by Crippen LogP contribution is 2.22. The first-order chi connectivity index (χ1) is 24.3. The van der Waals surface area contributed by atoms with E-state index in [1.54, 1.807) is 27.7 Å². The molecule has 0 bridgehead atoms. The number of hydrogen-bond acceptors (Lipinski definition) is 13. The van der Waals surface area contributed by atoms with Gasteiger partial charge in [0.15, 0.2) is 12.4 Å². The van der Waals surface area contributed by atoms with Crippen LogP contribution in [0.3, 0.4) is 0 Å². The fourth-order valence-corrected chi connectivity index (χ4v) is 4.45. The summed E-state index contributed by atoms with van der Waals surface area (Å²) in [6.45, 7) is 9.90. The topological polar surface area (TPSA) is 234 Å². The molecular weight excluding hydrogens is 674 g/mol. The summed E-state index contributed by atoms with van der Waals surface area (Å²) in [7, 11) is 0. The van der Waals surface area contributed by atoms with Crippen LogP contribution in [0.5, 0.6) is 0 Å². The summed E-state index contributed by atoms with van der Waals surface area (Å²) in [5.74, 6) is -3.92. The fraction of sp³-hybridized carbons (Fsp3) is 0.758. The predicted molar refractivity (Wildman–Crippen MR) is 179 cm³/mol. The van der Waals surface area contributed by atoms with Crippen LogP contribution in [0.15, 0.2) is 0 Å². The van der Waals surface area contributed by atoms with E-state index in [1.165, 1.54) is 6.92 Å². The fourth-order valence-electron chi connectivity index (χ4n) is 4.45. The first kappa shape index (κ1) is 45.2. The molecule has 51 heavy (non-hydrogen) atoms. The van der Waals surface area contributed by atoms with Gasteiger partial charge in [0.1, 0.15) is 18.4 Å². The number of carbonyl (C=O) groups excluding carboxylic acids is 8. The number of nitrogens with zero attached hydrogens (tertiary/aromatic N) is 1. The van der Waals surface area contributed by atoms with Crippen molar-refractivity contribution < 1.29 is 62.1 Å². The highest BCUT2D eigenvalue weighted by atomic mass is 16.7. The monoisotopic (exact) mass is 729 g/mol. The molecule has 1 saturated heterocycles. The molecule has 18 nitrogen and oxygen atoms in total. The molecule has 0 radical (unpaired) electrons. The van der Waals surface area contributed by atoms with Gasteiger partial charge in [-0.3, -0.25) is 38.4 Å². The van der Waals surface area contributed by atoms with Crippen LogP contribution in [0, 0.1) is 11.8 Å². The molecule has 0 aromatic heterocycles. The summed E-state index contributed by atoms with van der Waals surface area (Å²) in [5.41, 5.74) is 0. The van der Waals surface area contributed by atoms with Gasteiger partial charge in [0.25, 0.3) is 11.8 Å². The summed E-state index contributed by atoms with van der Waals surface area (Å²) in [5, 5.41) is 11.0. The van der Waals surface area contributed by atoms with Crippen LogP contribution in [-0.4, -0.2) is 137 Å². The van der Waals surface area contributed by atoms with E-state index in [0.717, 1.165) is 0 Å². The third-order valence-electron chi connectivity index (χ3n) is 7.61. The van der Waals surface area contributed by atoms with Gasteiger partial charge in [-0.1, -0.05) is 20.8 Å². The van der Waals surface area contributed by atoms with E-state index in [0.29, 0.717) is 44.2 Å². The van der Waals surface area contributed by atoms with Gasteiger partial charge >= 0.3 is 0 Å². The second-order valence-corrected chi connectivity index (χ2v) is 12.1. The molecule has 0 aromatic rings. The van der Waals surface area contributed by atoms with Crippen LogP contribution in [0.1, 0.15) is 66.7 Å². The van der Waals surface area contributed by atoms with Crippen molar-refractivity contribution in [2.75, 3.05) is 66.0 Å². The van der Waals surface area contributed by atoms with E-state index in [2.05, 4.69) is 21.3 Å². The van der Waals surface area contributed by atoms with Crippen molar-refractivity contribution in [1.82, 2.24) is 26.3 Å². The highest BCUT2D eigenvalue weighted by Gasteiger charge is 2.39. The third-order valence-corrected chi connectivity index (χ3v) is 7.61. The Morgan fingerprint density at radius 1 is 0.824 bits per heavy atom. The minimum Gasteiger partial charge on any atom is -0.379 e. The number of rotatable bonds is 29. The number of nitrogens with one attached hydrogen (secondary N) is 4. The highest BCUT2D eigenvalue weighted by molar-refractivity contribution is 6.02. The lowest BCUT2D eigenvalue weighted by molar-refractivity contribution is -0.189. The van der Waals surface area contributed by atoms with Crippen molar-refractivity contribution >= 4 is 47.5 Å². The Bertz CT molecular complexity index is 1150. The molecule has 1 fully saturated rings. The van der Waals surface area contributed by atoms with Crippen molar-refractivity contribution in [3.63, 3.8) is 0 Å². The van der Waals surface area contributed by atoms with E-state index < -0.39 is 66.1 Å². The molecule has 290 valence electrons. The Hall–Kier alpha value is -3.84. The molecule has 0 aromatic carbocycles. The summed E-state index contributed by atoms with van der Waals surface area (Å²) >= 11 is 0. The molecule has 1 aliphatic heterocycles. The molecule has 4 atom stereocenters. The summed E-state index contributed by atoms with van der Waals surface area (Å²) in [4.78, 5) is 101. The van der Waals surface area contributed by atoms with Gasteiger partial charge in [-0.05, 0) is 32.6 Å². The van der Waals surface area contributed by atoms with E-state index >= 15 is 0 Å². The maximum atomic E-state index is 12.9. The lowest BCUT2D eigenvalue weighted by Crippen LogP contribution is -2.57. The molecule has 0 saturated carbocycles. The van der Waals surface area contributed by atoms with Crippen LogP contribution in [0.4, 0.5) is 0 Å². The third kappa shape index (κ3) is 18.8. The molecule has 6 amide bonds. The molecule has 1 aliphatic rings. The van der Waals surface area contributed by atoms with Crippen LogP contribution in [0.25, 0.3) is 0 Å². The van der Waals surface area contributed by atoms with Gasteiger partial charge in [-0.2, -0.15) is 5.06 Å². The number of amides is 6. The van der Waals surface area contributed by atoms with Crippen molar-refractivity contribution in [3.05, 3.63) is 0 Å². The maximum absolute atomic E-state index is 12.9. The molecule has 18 heteroatoms. The first-order valence-corrected chi connectivity index (χ1v) is 17.2. The van der Waals surface area contributed by atoms with Gasteiger partial charge < -0.3 is 45.0 Å². The zero-order valence-electron chi connectivity index (χ0n) is 30.3. The minimum absolute atomic E-state index is 0.0223. The average Bonchev–Trinajstić information content (AvgIpc) is 3.36.